The van der Waals surface area contributed by atoms with Gasteiger partial charge in [-0.2, -0.15) is 0 Å². The van der Waals surface area contributed by atoms with Crippen molar-refractivity contribution in [1.29, 1.82) is 0 Å². The summed E-state index contributed by atoms with van der Waals surface area (Å²) in [6, 6.07) is 12.9. The topological polar surface area (TPSA) is 71.5 Å². The monoisotopic (exact) mass is 376 g/mol. The van der Waals surface area contributed by atoms with Crippen molar-refractivity contribution in [3.05, 3.63) is 54.2 Å². The summed E-state index contributed by atoms with van der Waals surface area (Å²) in [6.07, 6.45) is 2.40. The third kappa shape index (κ3) is 4.50. The van der Waals surface area contributed by atoms with Crippen LogP contribution >= 0.6 is 9.24 Å². The van der Waals surface area contributed by atoms with Gasteiger partial charge in [0.05, 0.1) is 13.0 Å². The summed E-state index contributed by atoms with van der Waals surface area (Å²) in [5.41, 5.74) is 0.804. The van der Waals surface area contributed by atoms with E-state index in [4.69, 9.17) is 9.84 Å². The Labute approximate surface area is 154 Å². The second-order valence-corrected chi connectivity index (χ2v) is 7.31. The fourth-order valence-corrected chi connectivity index (χ4v) is 3.75. The zero-order valence-electron chi connectivity index (χ0n) is 14.3. The lowest BCUT2D eigenvalue weighted by atomic mass is 10.1. The minimum absolute atomic E-state index is 0.161. The number of benzene rings is 1. The summed E-state index contributed by atoms with van der Waals surface area (Å²) in [7, 11) is 2.16. The zero-order valence-corrected chi connectivity index (χ0v) is 15.4. The van der Waals surface area contributed by atoms with Crippen LogP contribution in [0.1, 0.15) is 24.3 Å². The van der Waals surface area contributed by atoms with Gasteiger partial charge in [-0.1, -0.05) is 27.4 Å². The van der Waals surface area contributed by atoms with Crippen LogP contribution in [0.2, 0.25) is 0 Å². The van der Waals surface area contributed by atoms with E-state index >= 15 is 0 Å². The van der Waals surface area contributed by atoms with E-state index in [1.165, 1.54) is 0 Å². The number of carbonyl (C=O) groups is 1. The van der Waals surface area contributed by atoms with E-state index in [9.17, 15) is 9.18 Å². The molecule has 1 aromatic heterocycles. The number of carboxylic acids is 1. The van der Waals surface area contributed by atoms with Crippen LogP contribution in [0.5, 0.6) is 5.75 Å². The molecule has 2 aromatic rings. The van der Waals surface area contributed by atoms with Gasteiger partial charge in [0, 0.05) is 24.6 Å². The van der Waals surface area contributed by atoms with E-state index in [1.807, 2.05) is 30.3 Å². The number of pyridine rings is 1. The van der Waals surface area contributed by atoms with Crippen molar-refractivity contribution in [2.24, 2.45) is 5.92 Å². The van der Waals surface area contributed by atoms with Crippen molar-refractivity contribution in [2.45, 2.75) is 24.2 Å². The van der Waals surface area contributed by atoms with Gasteiger partial charge in [-0.25, -0.2) is 9.37 Å². The molecule has 1 aliphatic carbocycles. The normalized spacial score (nSPS) is 24.1. The Morgan fingerprint density at radius 1 is 1.31 bits per heavy atom. The largest absolute Gasteiger partial charge is 0.494 e. The molecule has 1 saturated carbocycles. The molecule has 1 aromatic carbocycles. The predicted octanol–water partition coefficient (Wildman–Crippen LogP) is 3.69. The fourth-order valence-electron chi connectivity index (χ4n) is 3.11. The summed E-state index contributed by atoms with van der Waals surface area (Å²) < 4.78 is 20.0. The van der Waals surface area contributed by atoms with Gasteiger partial charge in [0.2, 0.25) is 0 Å². The number of hydrogen-bond donors (Lipinski definition) is 2. The quantitative estimate of drug-likeness (QED) is 0.516. The van der Waals surface area contributed by atoms with Crippen LogP contribution in [-0.4, -0.2) is 34.6 Å². The molecule has 1 heterocycles. The first-order chi connectivity index (χ1) is 12.5. The maximum absolute atomic E-state index is 14.4. The van der Waals surface area contributed by atoms with Gasteiger partial charge in [0.1, 0.15) is 17.0 Å². The van der Waals surface area contributed by atoms with Crippen LogP contribution in [0.3, 0.4) is 0 Å². The molecule has 4 unspecified atom stereocenters. The Balaban J connectivity index is 1.43. The molecule has 26 heavy (non-hydrogen) atoms. The van der Waals surface area contributed by atoms with Gasteiger partial charge < -0.3 is 15.2 Å². The minimum atomic E-state index is -1.53. The summed E-state index contributed by atoms with van der Waals surface area (Å²) in [6.45, 7) is 1.31. The Kier molecular flexibility index (Phi) is 5.72. The van der Waals surface area contributed by atoms with E-state index in [-0.39, 0.29) is 12.3 Å². The SMILES string of the molecule is O=C(O)CC1C(c2ccc(OCCCNc3ccccn3)cc2)C1(F)P. The molecule has 2 N–H and O–H groups in total. The second kappa shape index (κ2) is 8.00. The van der Waals surface area contributed by atoms with E-state index in [1.54, 1.807) is 18.3 Å². The van der Waals surface area contributed by atoms with Gasteiger partial charge in [0.25, 0.3) is 0 Å². The van der Waals surface area contributed by atoms with Crippen LogP contribution in [-0.2, 0) is 4.79 Å². The Hall–Kier alpha value is -2.20. The van der Waals surface area contributed by atoms with Crippen molar-refractivity contribution in [2.75, 3.05) is 18.5 Å². The third-order valence-electron chi connectivity index (χ3n) is 4.53. The van der Waals surface area contributed by atoms with Crippen LogP contribution in [0.25, 0.3) is 0 Å². The molecule has 138 valence electrons. The summed E-state index contributed by atoms with van der Waals surface area (Å²) >= 11 is 0. The molecule has 1 aliphatic rings. The van der Waals surface area contributed by atoms with E-state index in [2.05, 4.69) is 19.5 Å². The second-order valence-electron chi connectivity index (χ2n) is 6.42. The smallest absolute Gasteiger partial charge is 0.303 e. The third-order valence-corrected chi connectivity index (χ3v) is 5.32. The molecule has 0 radical (unpaired) electrons. The van der Waals surface area contributed by atoms with Gasteiger partial charge in [-0.05, 0) is 36.2 Å². The molecule has 0 spiro atoms. The molecule has 0 amide bonds. The summed E-state index contributed by atoms with van der Waals surface area (Å²) in [5.74, 6) is -0.296. The maximum Gasteiger partial charge on any atom is 0.303 e. The Morgan fingerprint density at radius 2 is 2.08 bits per heavy atom. The lowest BCUT2D eigenvalue weighted by Gasteiger charge is -2.08. The van der Waals surface area contributed by atoms with Gasteiger partial charge >= 0.3 is 5.97 Å². The Morgan fingerprint density at radius 3 is 2.73 bits per heavy atom. The van der Waals surface area contributed by atoms with Crippen molar-refractivity contribution in [1.82, 2.24) is 4.98 Å². The van der Waals surface area contributed by atoms with Crippen molar-refractivity contribution >= 4 is 21.0 Å². The van der Waals surface area contributed by atoms with E-state index in [0.29, 0.717) is 6.61 Å². The maximum atomic E-state index is 14.4. The predicted molar refractivity (Wildman–Crippen MR) is 101 cm³/mol. The average molecular weight is 376 g/mol. The van der Waals surface area contributed by atoms with Gasteiger partial charge in [-0.15, -0.1) is 0 Å². The molecule has 4 atom stereocenters. The van der Waals surface area contributed by atoms with Gasteiger partial charge in [0.15, 0.2) is 0 Å². The molecule has 3 rings (SSSR count). The first-order valence-corrected chi connectivity index (χ1v) is 9.13. The first-order valence-electron chi connectivity index (χ1n) is 8.55. The highest BCUT2D eigenvalue weighted by molar-refractivity contribution is 7.19. The number of nitrogens with one attached hydrogen (secondary N) is 1. The molecule has 0 bridgehead atoms. The van der Waals surface area contributed by atoms with Crippen molar-refractivity contribution in [3.63, 3.8) is 0 Å². The number of nitrogens with zero attached hydrogens (tertiary/aromatic N) is 1. The van der Waals surface area contributed by atoms with Crippen LogP contribution in [0.4, 0.5) is 10.2 Å². The van der Waals surface area contributed by atoms with Crippen molar-refractivity contribution in [3.8, 4) is 5.75 Å². The van der Waals surface area contributed by atoms with Crippen molar-refractivity contribution < 1.29 is 19.0 Å². The minimum Gasteiger partial charge on any atom is -0.494 e. The molecular formula is C19H22FN2O3P. The zero-order chi connectivity index (χ0) is 18.6. The molecular weight excluding hydrogens is 354 g/mol. The number of rotatable bonds is 9. The molecule has 7 heteroatoms. The molecule has 5 nitrogen and oxygen atoms in total. The number of aromatic nitrogens is 1. The number of aliphatic carboxylic acids is 1. The highest BCUT2D eigenvalue weighted by Gasteiger charge is 2.63. The number of ether oxygens (including phenoxy) is 1. The number of hydrogen-bond acceptors (Lipinski definition) is 4. The summed E-state index contributed by atoms with van der Waals surface area (Å²) in [5, 5.41) is 10.6. The fraction of sp³-hybridized carbons (Fsp3) is 0.368. The number of halogens is 1. The number of alkyl halides is 1. The van der Waals surface area contributed by atoms with Crippen LogP contribution in [0, 0.1) is 5.92 Å². The summed E-state index contributed by atoms with van der Waals surface area (Å²) in [4.78, 5) is 15.0. The number of carboxylic acid groups (broad SMARTS) is 1. The van der Waals surface area contributed by atoms with E-state index < -0.39 is 17.3 Å². The Bertz CT molecular complexity index is 740. The first kappa shape index (κ1) is 18.6. The van der Waals surface area contributed by atoms with E-state index in [0.717, 1.165) is 30.1 Å². The molecule has 1 fully saturated rings. The highest BCUT2D eigenvalue weighted by atomic mass is 31.0. The van der Waals surface area contributed by atoms with Gasteiger partial charge in [-0.3, -0.25) is 4.79 Å². The molecule has 0 saturated heterocycles. The van der Waals surface area contributed by atoms with Crippen LogP contribution < -0.4 is 10.1 Å². The lowest BCUT2D eigenvalue weighted by Crippen LogP contribution is -2.08. The molecule has 0 aliphatic heterocycles. The average Bonchev–Trinajstić information content (AvgIpc) is 3.15. The van der Waals surface area contributed by atoms with Crippen LogP contribution in [0.15, 0.2) is 48.7 Å². The number of anilines is 1. The highest BCUT2D eigenvalue weighted by Crippen LogP contribution is 2.66. The lowest BCUT2D eigenvalue weighted by molar-refractivity contribution is -0.137. The standard InChI is InChI=1S/C19H22FN2O3P/c20-19(26)15(12-17(23)24)18(19)13-5-7-14(8-6-13)25-11-3-10-22-16-4-1-2-9-21-16/h1-2,4-9,15,18H,3,10-12,26H2,(H,21,22)(H,23,24).